The van der Waals surface area contributed by atoms with Crippen LogP contribution in [0.1, 0.15) is 11.1 Å². The topological polar surface area (TPSA) is 114 Å². The van der Waals surface area contributed by atoms with Crippen LogP contribution in [-0.4, -0.2) is 15.0 Å². The van der Waals surface area contributed by atoms with Crippen molar-refractivity contribution >= 4 is 11.8 Å². The van der Waals surface area contributed by atoms with Gasteiger partial charge < -0.3 is 11.5 Å². The molecule has 9 heteroatoms. The highest BCUT2D eigenvalue weighted by Gasteiger charge is 2.30. The third kappa shape index (κ3) is 3.25. The molecule has 0 aliphatic rings. The summed E-state index contributed by atoms with van der Waals surface area (Å²) >= 11 is 0. The average Bonchev–Trinajstić information content (AvgIpc) is 2.61. The van der Waals surface area contributed by atoms with Crippen LogP contribution in [0.4, 0.5) is 24.9 Å². The first-order chi connectivity index (χ1) is 12.3. The molecule has 0 spiro atoms. The Morgan fingerprint density at radius 3 is 2.23 bits per heavy atom. The van der Waals surface area contributed by atoms with Gasteiger partial charge in [0.05, 0.1) is 17.0 Å². The van der Waals surface area contributed by atoms with Gasteiger partial charge in [0, 0.05) is 17.3 Å². The molecule has 6 nitrogen and oxygen atoms in total. The number of aromatic nitrogens is 3. The SMILES string of the molecule is N#Cc1c(N)nc(N)nc1-c1ccc(-c2cc(C(F)(F)F)ccn2)cc1. The van der Waals surface area contributed by atoms with Gasteiger partial charge >= 0.3 is 6.18 Å². The molecule has 0 atom stereocenters. The molecule has 4 N–H and O–H groups in total. The quantitative estimate of drug-likeness (QED) is 0.728. The minimum atomic E-state index is -4.45. The maximum absolute atomic E-state index is 12.8. The van der Waals surface area contributed by atoms with Gasteiger partial charge in [0.25, 0.3) is 0 Å². The second kappa shape index (κ2) is 6.33. The summed E-state index contributed by atoms with van der Waals surface area (Å²) in [5.74, 6) is -0.126. The number of anilines is 2. The van der Waals surface area contributed by atoms with Crippen molar-refractivity contribution < 1.29 is 13.2 Å². The zero-order chi connectivity index (χ0) is 18.9. The van der Waals surface area contributed by atoms with E-state index >= 15 is 0 Å². The van der Waals surface area contributed by atoms with Gasteiger partial charge in [-0.25, -0.2) is 4.98 Å². The second-order valence-corrected chi connectivity index (χ2v) is 5.31. The number of hydrogen-bond donors (Lipinski definition) is 2. The van der Waals surface area contributed by atoms with Gasteiger partial charge in [-0.05, 0) is 12.1 Å². The molecule has 26 heavy (non-hydrogen) atoms. The molecule has 0 aliphatic heterocycles. The number of rotatable bonds is 2. The van der Waals surface area contributed by atoms with E-state index in [2.05, 4.69) is 15.0 Å². The van der Waals surface area contributed by atoms with Crippen LogP contribution in [0.3, 0.4) is 0 Å². The van der Waals surface area contributed by atoms with Gasteiger partial charge in [-0.3, -0.25) is 4.98 Å². The van der Waals surface area contributed by atoms with Crippen LogP contribution in [0, 0.1) is 11.3 Å². The molecule has 0 aliphatic carbocycles. The molecule has 0 fully saturated rings. The second-order valence-electron chi connectivity index (χ2n) is 5.31. The number of halogens is 3. The predicted molar refractivity (Wildman–Crippen MR) is 89.2 cm³/mol. The van der Waals surface area contributed by atoms with E-state index in [9.17, 15) is 18.4 Å². The monoisotopic (exact) mass is 356 g/mol. The molecule has 0 saturated heterocycles. The Labute approximate surface area is 146 Å². The molecule has 2 aromatic heterocycles. The molecular formula is C17H11F3N6. The van der Waals surface area contributed by atoms with E-state index in [4.69, 9.17) is 11.5 Å². The van der Waals surface area contributed by atoms with E-state index < -0.39 is 11.7 Å². The Balaban J connectivity index is 2.02. The minimum absolute atomic E-state index is 0.0429. The van der Waals surface area contributed by atoms with Gasteiger partial charge in [0.2, 0.25) is 5.95 Å². The van der Waals surface area contributed by atoms with E-state index in [0.717, 1.165) is 18.3 Å². The Hall–Kier alpha value is -3.67. The smallest absolute Gasteiger partial charge is 0.382 e. The summed E-state index contributed by atoms with van der Waals surface area (Å²) in [4.78, 5) is 11.7. The van der Waals surface area contributed by atoms with Crippen LogP contribution in [0.2, 0.25) is 0 Å². The lowest BCUT2D eigenvalue weighted by molar-refractivity contribution is -0.137. The zero-order valence-corrected chi connectivity index (χ0v) is 13.1. The van der Waals surface area contributed by atoms with E-state index in [1.54, 1.807) is 24.3 Å². The van der Waals surface area contributed by atoms with Crippen LogP contribution in [0.15, 0.2) is 42.6 Å². The van der Waals surface area contributed by atoms with Crippen LogP contribution < -0.4 is 11.5 Å². The first-order valence-corrected chi connectivity index (χ1v) is 7.26. The highest BCUT2D eigenvalue weighted by molar-refractivity contribution is 5.75. The van der Waals surface area contributed by atoms with Gasteiger partial charge in [-0.15, -0.1) is 0 Å². The van der Waals surface area contributed by atoms with Crippen molar-refractivity contribution in [1.29, 1.82) is 5.26 Å². The molecule has 0 bridgehead atoms. The van der Waals surface area contributed by atoms with Crippen LogP contribution >= 0.6 is 0 Å². The van der Waals surface area contributed by atoms with Gasteiger partial charge in [0.1, 0.15) is 17.5 Å². The van der Waals surface area contributed by atoms with E-state index in [1.807, 2.05) is 6.07 Å². The normalized spacial score (nSPS) is 11.2. The lowest BCUT2D eigenvalue weighted by atomic mass is 10.0. The standard InChI is InChI=1S/C17H11F3N6/c18-17(19,20)11-5-6-24-13(7-11)9-1-3-10(4-2-9)14-12(8-21)15(22)26-16(23)25-14/h1-7H,(H4,22,23,25,26). The van der Waals surface area contributed by atoms with Crippen molar-refractivity contribution in [3.8, 4) is 28.6 Å². The minimum Gasteiger partial charge on any atom is -0.382 e. The largest absolute Gasteiger partial charge is 0.416 e. The summed E-state index contributed by atoms with van der Waals surface area (Å²) in [7, 11) is 0. The van der Waals surface area contributed by atoms with Gasteiger partial charge in [0.15, 0.2) is 0 Å². The summed E-state index contributed by atoms with van der Waals surface area (Å²) < 4.78 is 38.5. The first kappa shape index (κ1) is 17.2. The summed E-state index contributed by atoms with van der Waals surface area (Å²) in [5, 5.41) is 9.22. The van der Waals surface area contributed by atoms with Gasteiger partial charge in [-0.2, -0.15) is 23.4 Å². The maximum Gasteiger partial charge on any atom is 0.416 e. The number of nitrogens with zero attached hydrogens (tertiary/aromatic N) is 4. The summed E-state index contributed by atoms with van der Waals surface area (Å²) in [6.45, 7) is 0. The van der Waals surface area contributed by atoms with Crippen LogP contribution in [0.25, 0.3) is 22.5 Å². The highest BCUT2D eigenvalue weighted by Crippen LogP contribution is 2.32. The Kier molecular flexibility index (Phi) is 4.18. The zero-order valence-electron chi connectivity index (χ0n) is 13.1. The number of hydrogen-bond acceptors (Lipinski definition) is 6. The first-order valence-electron chi connectivity index (χ1n) is 7.26. The molecule has 0 amide bonds. The average molecular weight is 356 g/mol. The Bertz CT molecular complexity index is 1010. The van der Waals surface area contributed by atoms with Crippen molar-refractivity contribution in [2.75, 3.05) is 11.5 Å². The number of alkyl halides is 3. The Morgan fingerprint density at radius 2 is 1.62 bits per heavy atom. The van der Waals surface area contributed by atoms with Crippen molar-refractivity contribution in [2.45, 2.75) is 6.18 Å². The van der Waals surface area contributed by atoms with E-state index in [-0.39, 0.29) is 28.7 Å². The van der Waals surface area contributed by atoms with Crippen molar-refractivity contribution in [3.05, 3.63) is 53.7 Å². The summed E-state index contributed by atoms with van der Waals surface area (Å²) in [6, 6.07) is 10.1. The number of benzene rings is 1. The Morgan fingerprint density at radius 1 is 0.962 bits per heavy atom. The van der Waals surface area contributed by atoms with Crippen molar-refractivity contribution in [1.82, 2.24) is 15.0 Å². The summed E-state index contributed by atoms with van der Waals surface area (Å²) in [5.41, 5.74) is 12.0. The highest BCUT2D eigenvalue weighted by atomic mass is 19.4. The summed E-state index contributed by atoms with van der Waals surface area (Å²) in [6.07, 6.45) is -3.35. The lowest BCUT2D eigenvalue weighted by Crippen LogP contribution is -2.05. The molecule has 0 saturated carbocycles. The molecule has 130 valence electrons. The predicted octanol–water partition coefficient (Wildman–Crippen LogP) is 3.26. The van der Waals surface area contributed by atoms with Crippen LogP contribution in [-0.2, 0) is 6.18 Å². The number of nitrogens with two attached hydrogens (primary N) is 2. The molecule has 0 unspecified atom stereocenters. The molecule has 0 radical (unpaired) electrons. The molecule has 1 aromatic carbocycles. The molecule has 3 rings (SSSR count). The van der Waals surface area contributed by atoms with Crippen LogP contribution in [0.5, 0.6) is 0 Å². The fraction of sp³-hybridized carbons (Fsp3) is 0.0588. The third-order valence-corrected chi connectivity index (χ3v) is 3.61. The third-order valence-electron chi connectivity index (χ3n) is 3.61. The number of pyridine rings is 1. The van der Waals surface area contributed by atoms with E-state index in [0.29, 0.717) is 11.1 Å². The van der Waals surface area contributed by atoms with Crippen molar-refractivity contribution in [3.63, 3.8) is 0 Å². The van der Waals surface area contributed by atoms with E-state index in [1.165, 1.54) is 0 Å². The number of nitriles is 1. The fourth-order valence-corrected chi connectivity index (χ4v) is 2.38. The van der Waals surface area contributed by atoms with Crippen molar-refractivity contribution in [2.24, 2.45) is 0 Å². The fourth-order valence-electron chi connectivity index (χ4n) is 2.38. The lowest BCUT2D eigenvalue weighted by Gasteiger charge is -2.09. The van der Waals surface area contributed by atoms with Gasteiger partial charge in [-0.1, -0.05) is 24.3 Å². The maximum atomic E-state index is 12.8. The number of nitrogen functional groups attached to an aromatic ring is 2. The molecular weight excluding hydrogens is 345 g/mol. The molecule has 2 heterocycles. The molecule has 3 aromatic rings.